The lowest BCUT2D eigenvalue weighted by atomic mass is 10.1. The summed E-state index contributed by atoms with van der Waals surface area (Å²) in [4.78, 5) is 13.1. The SMILES string of the molecule is CCNc1nc(NCC2(C)CC2)nc(-n2cccn2)n1. The van der Waals surface area contributed by atoms with E-state index in [2.05, 4.69) is 37.6 Å². The first-order valence-corrected chi connectivity index (χ1v) is 6.92. The van der Waals surface area contributed by atoms with Crippen LogP contribution in [-0.2, 0) is 0 Å². The summed E-state index contributed by atoms with van der Waals surface area (Å²) < 4.78 is 1.63. The summed E-state index contributed by atoms with van der Waals surface area (Å²) in [5.74, 6) is 1.68. The van der Waals surface area contributed by atoms with Crippen molar-refractivity contribution in [1.82, 2.24) is 24.7 Å². The second-order valence-corrected chi connectivity index (χ2v) is 5.43. The van der Waals surface area contributed by atoms with Crippen molar-refractivity contribution in [3.05, 3.63) is 18.5 Å². The van der Waals surface area contributed by atoms with Crippen LogP contribution in [0.5, 0.6) is 0 Å². The Balaban J connectivity index is 1.84. The first-order chi connectivity index (χ1) is 9.68. The van der Waals surface area contributed by atoms with Gasteiger partial charge in [-0.2, -0.15) is 20.1 Å². The van der Waals surface area contributed by atoms with Crippen LogP contribution in [-0.4, -0.2) is 37.8 Å². The molecule has 0 unspecified atom stereocenters. The van der Waals surface area contributed by atoms with Crippen molar-refractivity contribution in [1.29, 1.82) is 0 Å². The molecule has 0 bridgehead atoms. The van der Waals surface area contributed by atoms with Crippen LogP contribution in [0, 0.1) is 5.41 Å². The third kappa shape index (κ3) is 2.87. The zero-order valence-electron chi connectivity index (χ0n) is 11.8. The minimum Gasteiger partial charge on any atom is -0.354 e. The number of aromatic nitrogens is 5. The molecular weight excluding hydrogens is 254 g/mol. The molecule has 106 valence electrons. The minimum absolute atomic E-state index is 0.400. The summed E-state index contributed by atoms with van der Waals surface area (Å²) >= 11 is 0. The summed E-state index contributed by atoms with van der Waals surface area (Å²) in [7, 11) is 0. The Morgan fingerprint density at radius 1 is 1.20 bits per heavy atom. The molecule has 2 aromatic heterocycles. The molecular formula is C13H19N7. The van der Waals surface area contributed by atoms with Crippen molar-refractivity contribution in [2.45, 2.75) is 26.7 Å². The zero-order valence-corrected chi connectivity index (χ0v) is 11.8. The van der Waals surface area contributed by atoms with Gasteiger partial charge in [0.2, 0.25) is 11.9 Å². The summed E-state index contributed by atoms with van der Waals surface area (Å²) in [6, 6.07) is 1.84. The van der Waals surface area contributed by atoms with Gasteiger partial charge < -0.3 is 10.6 Å². The van der Waals surface area contributed by atoms with Crippen LogP contribution >= 0.6 is 0 Å². The Hall–Kier alpha value is -2.18. The Kier molecular flexibility index (Phi) is 3.25. The van der Waals surface area contributed by atoms with Crippen LogP contribution < -0.4 is 10.6 Å². The van der Waals surface area contributed by atoms with Crippen molar-refractivity contribution in [2.75, 3.05) is 23.7 Å². The predicted molar refractivity (Wildman–Crippen MR) is 76.9 cm³/mol. The molecule has 7 nitrogen and oxygen atoms in total. The van der Waals surface area contributed by atoms with Gasteiger partial charge in [0.05, 0.1) is 0 Å². The molecule has 3 rings (SSSR count). The van der Waals surface area contributed by atoms with E-state index in [9.17, 15) is 0 Å². The summed E-state index contributed by atoms with van der Waals surface area (Å²) in [6.45, 7) is 5.93. The van der Waals surface area contributed by atoms with E-state index < -0.39 is 0 Å². The van der Waals surface area contributed by atoms with Crippen molar-refractivity contribution in [3.63, 3.8) is 0 Å². The lowest BCUT2D eigenvalue weighted by Crippen LogP contribution is -2.17. The van der Waals surface area contributed by atoms with Crippen molar-refractivity contribution >= 4 is 11.9 Å². The summed E-state index contributed by atoms with van der Waals surface area (Å²) in [6.07, 6.45) is 6.04. The zero-order chi connectivity index (χ0) is 14.0. The third-order valence-corrected chi connectivity index (χ3v) is 3.44. The first kappa shape index (κ1) is 12.8. The molecule has 20 heavy (non-hydrogen) atoms. The number of hydrogen-bond donors (Lipinski definition) is 2. The molecule has 1 aliphatic rings. The molecule has 2 N–H and O–H groups in total. The highest BCUT2D eigenvalue weighted by Crippen LogP contribution is 2.44. The third-order valence-electron chi connectivity index (χ3n) is 3.44. The highest BCUT2D eigenvalue weighted by molar-refractivity contribution is 5.38. The molecule has 0 aliphatic heterocycles. The maximum Gasteiger partial charge on any atom is 0.257 e. The van der Waals surface area contributed by atoms with Crippen LogP contribution in [0.15, 0.2) is 18.5 Å². The van der Waals surface area contributed by atoms with E-state index in [1.54, 1.807) is 10.9 Å². The summed E-state index contributed by atoms with van der Waals surface area (Å²) in [5, 5.41) is 10.6. The maximum atomic E-state index is 4.42. The molecule has 1 aliphatic carbocycles. The fourth-order valence-corrected chi connectivity index (χ4v) is 1.85. The Bertz CT molecular complexity index is 574. The van der Waals surface area contributed by atoms with Crippen LogP contribution in [0.1, 0.15) is 26.7 Å². The van der Waals surface area contributed by atoms with Gasteiger partial charge in [-0.15, -0.1) is 0 Å². The van der Waals surface area contributed by atoms with Gasteiger partial charge in [0, 0.05) is 25.5 Å². The molecule has 1 saturated carbocycles. The number of nitrogens with one attached hydrogen (secondary N) is 2. The smallest absolute Gasteiger partial charge is 0.257 e. The van der Waals surface area contributed by atoms with E-state index in [-0.39, 0.29) is 0 Å². The quantitative estimate of drug-likeness (QED) is 0.834. The average Bonchev–Trinajstić information content (AvgIpc) is 2.95. The second kappa shape index (κ2) is 5.07. The number of rotatable bonds is 6. The molecule has 0 amide bonds. The standard InChI is InChI=1S/C13H19N7/c1-3-14-10-17-11(15-9-13(2)5-6-13)19-12(18-10)20-8-4-7-16-20/h4,7-8H,3,5-6,9H2,1-2H3,(H2,14,15,17,18,19). The number of hydrogen-bond acceptors (Lipinski definition) is 6. The Morgan fingerprint density at radius 2 is 1.95 bits per heavy atom. The highest BCUT2D eigenvalue weighted by Gasteiger charge is 2.37. The normalized spacial score (nSPS) is 15.9. The first-order valence-electron chi connectivity index (χ1n) is 6.92. The van der Waals surface area contributed by atoms with Crippen molar-refractivity contribution in [3.8, 4) is 5.95 Å². The molecule has 0 saturated heterocycles. The van der Waals surface area contributed by atoms with Gasteiger partial charge in [0.15, 0.2) is 0 Å². The molecule has 0 radical (unpaired) electrons. The largest absolute Gasteiger partial charge is 0.354 e. The fraction of sp³-hybridized carbons (Fsp3) is 0.538. The van der Waals surface area contributed by atoms with Crippen molar-refractivity contribution < 1.29 is 0 Å². The number of nitrogens with zero attached hydrogens (tertiary/aromatic N) is 5. The van der Waals surface area contributed by atoms with E-state index in [0.717, 1.165) is 13.1 Å². The van der Waals surface area contributed by atoms with Gasteiger partial charge in [0.1, 0.15) is 0 Å². The Labute approximate surface area is 117 Å². The lowest BCUT2D eigenvalue weighted by Gasteiger charge is -2.12. The van der Waals surface area contributed by atoms with E-state index in [0.29, 0.717) is 23.3 Å². The van der Waals surface area contributed by atoms with Gasteiger partial charge in [-0.3, -0.25) is 0 Å². The summed E-state index contributed by atoms with van der Waals surface area (Å²) in [5.41, 5.74) is 0.400. The van der Waals surface area contributed by atoms with E-state index in [1.165, 1.54) is 12.8 Å². The number of anilines is 2. The van der Waals surface area contributed by atoms with Crippen molar-refractivity contribution in [2.24, 2.45) is 5.41 Å². The average molecular weight is 273 g/mol. The lowest BCUT2D eigenvalue weighted by molar-refractivity contribution is 0.607. The van der Waals surface area contributed by atoms with E-state index in [4.69, 9.17) is 0 Å². The van der Waals surface area contributed by atoms with Gasteiger partial charge in [-0.05, 0) is 31.2 Å². The molecule has 2 heterocycles. The second-order valence-electron chi connectivity index (χ2n) is 5.43. The van der Waals surface area contributed by atoms with Crippen LogP contribution in [0.25, 0.3) is 5.95 Å². The molecule has 0 spiro atoms. The Morgan fingerprint density at radius 3 is 2.55 bits per heavy atom. The molecule has 1 fully saturated rings. The van der Waals surface area contributed by atoms with Crippen LogP contribution in [0.3, 0.4) is 0 Å². The van der Waals surface area contributed by atoms with E-state index in [1.807, 2.05) is 19.2 Å². The molecule has 0 aromatic carbocycles. The van der Waals surface area contributed by atoms with Gasteiger partial charge in [-0.1, -0.05) is 6.92 Å². The van der Waals surface area contributed by atoms with Gasteiger partial charge in [0.25, 0.3) is 5.95 Å². The molecule has 7 heteroatoms. The fourth-order valence-electron chi connectivity index (χ4n) is 1.85. The highest BCUT2D eigenvalue weighted by atomic mass is 15.4. The molecule has 0 atom stereocenters. The van der Waals surface area contributed by atoms with Crippen LogP contribution in [0.2, 0.25) is 0 Å². The molecule has 2 aromatic rings. The minimum atomic E-state index is 0.400. The predicted octanol–water partition coefficient (Wildman–Crippen LogP) is 1.70. The topological polar surface area (TPSA) is 80.5 Å². The maximum absolute atomic E-state index is 4.42. The van der Waals surface area contributed by atoms with E-state index >= 15 is 0 Å². The van der Waals surface area contributed by atoms with Gasteiger partial charge >= 0.3 is 0 Å². The van der Waals surface area contributed by atoms with Crippen LogP contribution in [0.4, 0.5) is 11.9 Å². The monoisotopic (exact) mass is 273 g/mol. The van der Waals surface area contributed by atoms with Gasteiger partial charge in [-0.25, -0.2) is 4.68 Å².